The number of hydrogen-bond acceptors (Lipinski definition) is 5. The highest BCUT2D eigenvalue weighted by molar-refractivity contribution is 5.95. The Morgan fingerprint density at radius 3 is 2.33 bits per heavy atom. The van der Waals surface area contributed by atoms with Gasteiger partial charge in [0, 0.05) is 5.56 Å². The van der Waals surface area contributed by atoms with Crippen LogP contribution in [-0.2, 0) is 6.61 Å². The third-order valence-electron chi connectivity index (χ3n) is 4.23. The molecule has 30 heavy (non-hydrogen) atoms. The molecule has 0 spiro atoms. The topological polar surface area (TPSA) is 69.2 Å². The van der Waals surface area contributed by atoms with E-state index in [1.54, 1.807) is 37.6 Å². The van der Waals surface area contributed by atoms with Crippen molar-refractivity contribution in [1.82, 2.24) is 5.43 Å². The van der Waals surface area contributed by atoms with Crippen LogP contribution in [0.4, 0.5) is 0 Å². The summed E-state index contributed by atoms with van der Waals surface area (Å²) in [5.74, 6) is 1.96. The number of nitrogens with one attached hydrogen (secondary N) is 1. The lowest BCUT2D eigenvalue weighted by atomic mass is 10.2. The summed E-state index contributed by atoms with van der Waals surface area (Å²) in [5.41, 5.74) is 4.88. The summed E-state index contributed by atoms with van der Waals surface area (Å²) in [6.07, 6.45) is 1.58. The molecule has 3 aromatic rings. The van der Waals surface area contributed by atoms with E-state index in [9.17, 15) is 4.79 Å². The van der Waals surface area contributed by atoms with Crippen LogP contribution >= 0.6 is 0 Å². The summed E-state index contributed by atoms with van der Waals surface area (Å²) in [6, 6.07) is 22.0. The number of methoxy groups -OCH3 is 1. The number of hydrazone groups is 1. The average molecular weight is 404 g/mol. The van der Waals surface area contributed by atoms with Crippen LogP contribution < -0.4 is 19.6 Å². The van der Waals surface area contributed by atoms with Gasteiger partial charge in [-0.25, -0.2) is 5.43 Å². The van der Waals surface area contributed by atoms with Gasteiger partial charge in [-0.3, -0.25) is 4.79 Å². The molecule has 1 N–H and O–H groups in total. The van der Waals surface area contributed by atoms with E-state index in [1.165, 1.54) is 0 Å². The molecule has 6 nitrogen and oxygen atoms in total. The van der Waals surface area contributed by atoms with Crippen LogP contribution in [0, 0.1) is 0 Å². The number of ether oxygens (including phenoxy) is 3. The third kappa shape index (κ3) is 6.10. The van der Waals surface area contributed by atoms with Crippen molar-refractivity contribution in [3.8, 4) is 17.2 Å². The molecule has 0 aliphatic rings. The Labute approximate surface area is 176 Å². The van der Waals surface area contributed by atoms with E-state index in [-0.39, 0.29) is 5.91 Å². The summed E-state index contributed by atoms with van der Waals surface area (Å²) in [6.45, 7) is 2.97. The molecular weight excluding hydrogens is 380 g/mol. The zero-order valence-electron chi connectivity index (χ0n) is 17.0. The van der Waals surface area contributed by atoms with Crippen molar-refractivity contribution >= 4 is 12.1 Å². The highest BCUT2D eigenvalue weighted by Crippen LogP contribution is 2.17. The maximum atomic E-state index is 12.2. The SMILES string of the molecule is CCOc1ccc(C=NNC(=O)c2ccc(OCc3cccc(OC)c3)cc2)cc1. The second-order valence-electron chi connectivity index (χ2n) is 6.37. The van der Waals surface area contributed by atoms with E-state index in [2.05, 4.69) is 10.5 Å². The highest BCUT2D eigenvalue weighted by Gasteiger charge is 2.05. The molecule has 0 aliphatic carbocycles. The van der Waals surface area contributed by atoms with Crippen molar-refractivity contribution in [2.24, 2.45) is 5.10 Å². The van der Waals surface area contributed by atoms with E-state index in [1.807, 2.05) is 55.5 Å². The summed E-state index contributed by atoms with van der Waals surface area (Å²) < 4.78 is 16.4. The molecule has 0 fully saturated rings. The van der Waals surface area contributed by atoms with Crippen LogP contribution in [0.2, 0.25) is 0 Å². The van der Waals surface area contributed by atoms with E-state index in [4.69, 9.17) is 14.2 Å². The summed E-state index contributed by atoms with van der Waals surface area (Å²) >= 11 is 0. The first-order chi connectivity index (χ1) is 14.7. The Balaban J connectivity index is 1.50. The van der Waals surface area contributed by atoms with Gasteiger partial charge in [-0.1, -0.05) is 12.1 Å². The molecule has 154 valence electrons. The minimum Gasteiger partial charge on any atom is -0.497 e. The van der Waals surface area contributed by atoms with Crippen molar-refractivity contribution in [3.63, 3.8) is 0 Å². The summed E-state index contributed by atoms with van der Waals surface area (Å²) in [7, 11) is 1.63. The first-order valence-corrected chi connectivity index (χ1v) is 9.60. The van der Waals surface area contributed by atoms with Gasteiger partial charge in [0.15, 0.2) is 0 Å². The maximum absolute atomic E-state index is 12.2. The van der Waals surface area contributed by atoms with E-state index < -0.39 is 0 Å². The zero-order chi connectivity index (χ0) is 21.2. The van der Waals surface area contributed by atoms with Crippen LogP contribution in [0.5, 0.6) is 17.2 Å². The molecule has 6 heteroatoms. The standard InChI is InChI=1S/C24H24N2O4/c1-3-29-21-11-7-18(8-12-21)16-25-26-24(27)20-9-13-22(14-10-20)30-17-19-5-4-6-23(15-19)28-2/h4-16H,3,17H2,1-2H3,(H,26,27). The summed E-state index contributed by atoms with van der Waals surface area (Å²) in [5, 5.41) is 4.00. The molecule has 3 rings (SSSR count). The Morgan fingerprint density at radius 1 is 0.933 bits per heavy atom. The number of amides is 1. The molecule has 1 amide bonds. The second kappa shape index (κ2) is 10.7. The van der Waals surface area contributed by atoms with Crippen LogP contribution in [0.15, 0.2) is 77.9 Å². The first-order valence-electron chi connectivity index (χ1n) is 9.60. The van der Waals surface area contributed by atoms with Crippen molar-refractivity contribution in [1.29, 1.82) is 0 Å². The Kier molecular flexibility index (Phi) is 7.44. The number of rotatable bonds is 9. The smallest absolute Gasteiger partial charge is 0.271 e. The van der Waals surface area contributed by atoms with Gasteiger partial charge in [0.05, 0.1) is 19.9 Å². The fraction of sp³-hybridized carbons (Fsp3) is 0.167. The molecule has 0 bridgehead atoms. The monoisotopic (exact) mass is 404 g/mol. The average Bonchev–Trinajstić information content (AvgIpc) is 2.79. The molecule has 0 saturated heterocycles. The van der Waals surface area contributed by atoms with Crippen molar-refractivity contribution < 1.29 is 19.0 Å². The van der Waals surface area contributed by atoms with Gasteiger partial charge < -0.3 is 14.2 Å². The zero-order valence-corrected chi connectivity index (χ0v) is 17.0. The Hall–Kier alpha value is -3.80. The molecule has 3 aromatic carbocycles. The lowest BCUT2D eigenvalue weighted by molar-refractivity contribution is 0.0955. The Morgan fingerprint density at radius 2 is 1.63 bits per heavy atom. The highest BCUT2D eigenvalue weighted by atomic mass is 16.5. The third-order valence-corrected chi connectivity index (χ3v) is 4.23. The Bertz CT molecular complexity index is 983. The fourth-order valence-corrected chi connectivity index (χ4v) is 2.68. The maximum Gasteiger partial charge on any atom is 0.271 e. The number of carbonyl (C=O) groups excluding carboxylic acids is 1. The molecule has 0 heterocycles. The van der Waals surface area contributed by atoms with Crippen molar-refractivity contribution in [2.75, 3.05) is 13.7 Å². The van der Waals surface area contributed by atoms with E-state index >= 15 is 0 Å². The van der Waals surface area contributed by atoms with Crippen LogP contribution in [0.25, 0.3) is 0 Å². The van der Waals surface area contributed by atoms with Gasteiger partial charge in [-0.2, -0.15) is 5.10 Å². The van der Waals surface area contributed by atoms with Gasteiger partial charge in [0.25, 0.3) is 5.91 Å². The predicted molar refractivity (Wildman–Crippen MR) is 116 cm³/mol. The van der Waals surface area contributed by atoms with E-state index in [0.717, 1.165) is 22.6 Å². The van der Waals surface area contributed by atoms with Crippen LogP contribution in [0.1, 0.15) is 28.4 Å². The molecule has 0 radical (unpaired) electrons. The minimum absolute atomic E-state index is 0.295. The largest absolute Gasteiger partial charge is 0.497 e. The number of benzene rings is 3. The van der Waals surface area contributed by atoms with Crippen molar-refractivity contribution in [2.45, 2.75) is 13.5 Å². The van der Waals surface area contributed by atoms with Crippen molar-refractivity contribution in [3.05, 3.63) is 89.5 Å². The van der Waals surface area contributed by atoms with Crippen LogP contribution in [0.3, 0.4) is 0 Å². The number of hydrogen-bond donors (Lipinski definition) is 1. The fourth-order valence-electron chi connectivity index (χ4n) is 2.68. The van der Waals surface area contributed by atoms with Gasteiger partial charge in [-0.05, 0) is 78.7 Å². The number of carbonyl (C=O) groups is 1. The van der Waals surface area contributed by atoms with E-state index in [0.29, 0.717) is 24.5 Å². The lowest BCUT2D eigenvalue weighted by Gasteiger charge is -2.08. The summed E-state index contributed by atoms with van der Waals surface area (Å²) in [4.78, 5) is 12.2. The second-order valence-corrected chi connectivity index (χ2v) is 6.37. The van der Waals surface area contributed by atoms with Crippen LogP contribution in [-0.4, -0.2) is 25.8 Å². The molecule has 0 aromatic heterocycles. The van der Waals surface area contributed by atoms with Gasteiger partial charge >= 0.3 is 0 Å². The van der Waals surface area contributed by atoms with Gasteiger partial charge in [0.1, 0.15) is 23.9 Å². The quantitative estimate of drug-likeness (QED) is 0.423. The molecular formula is C24H24N2O4. The predicted octanol–water partition coefficient (Wildman–Crippen LogP) is 4.44. The van der Waals surface area contributed by atoms with Gasteiger partial charge in [0.2, 0.25) is 0 Å². The normalized spacial score (nSPS) is 10.6. The van der Waals surface area contributed by atoms with Gasteiger partial charge in [-0.15, -0.1) is 0 Å². The lowest BCUT2D eigenvalue weighted by Crippen LogP contribution is -2.17. The number of nitrogens with zero attached hydrogens (tertiary/aromatic N) is 1. The minimum atomic E-state index is -0.295. The molecule has 0 unspecified atom stereocenters. The molecule has 0 saturated carbocycles. The first kappa shape index (κ1) is 20.9. The molecule has 0 aliphatic heterocycles. The molecule has 0 atom stereocenters.